The highest BCUT2D eigenvalue weighted by molar-refractivity contribution is 5.76. The summed E-state index contributed by atoms with van der Waals surface area (Å²) in [4.78, 5) is 22.5. The van der Waals surface area contributed by atoms with Crippen molar-refractivity contribution in [3.63, 3.8) is 0 Å². The van der Waals surface area contributed by atoms with E-state index in [0.717, 1.165) is 25.3 Å². The van der Waals surface area contributed by atoms with Crippen molar-refractivity contribution < 1.29 is 14.3 Å². The third-order valence-corrected chi connectivity index (χ3v) is 4.83. The molecule has 6 nitrogen and oxygen atoms in total. The Morgan fingerprint density at radius 2 is 2.04 bits per heavy atom. The van der Waals surface area contributed by atoms with E-state index in [1.54, 1.807) is 19.5 Å². The van der Waals surface area contributed by atoms with Gasteiger partial charge in [-0.05, 0) is 12.3 Å². The number of amides is 1. The minimum absolute atomic E-state index is 0.00756. The first-order valence-corrected chi connectivity index (χ1v) is 8.55. The van der Waals surface area contributed by atoms with Crippen LogP contribution in [0.15, 0.2) is 12.4 Å². The molecule has 0 spiro atoms. The topological polar surface area (TPSA) is 64.6 Å². The van der Waals surface area contributed by atoms with Crippen molar-refractivity contribution in [3.8, 4) is 11.8 Å². The summed E-state index contributed by atoms with van der Waals surface area (Å²) in [6.45, 7) is 1.41. The average molecular weight is 319 g/mol. The van der Waals surface area contributed by atoms with Crippen LogP contribution in [0.25, 0.3) is 0 Å². The maximum atomic E-state index is 12.3. The van der Waals surface area contributed by atoms with Crippen molar-refractivity contribution in [3.05, 3.63) is 12.4 Å². The third kappa shape index (κ3) is 4.33. The van der Waals surface area contributed by atoms with Crippen LogP contribution in [0.5, 0.6) is 11.8 Å². The number of hydrogen-bond acceptors (Lipinski definition) is 5. The van der Waals surface area contributed by atoms with Gasteiger partial charge in [-0.25, -0.2) is 0 Å². The van der Waals surface area contributed by atoms with Crippen molar-refractivity contribution in [2.45, 2.75) is 51.0 Å². The van der Waals surface area contributed by atoms with Gasteiger partial charge in [0.05, 0.1) is 26.0 Å². The molecule has 1 aliphatic heterocycles. The molecular weight excluding hydrogens is 294 g/mol. The average Bonchev–Trinajstić information content (AvgIpc) is 3.24. The number of likely N-dealkylation sites (tertiary alicyclic amines) is 1. The quantitative estimate of drug-likeness (QED) is 0.806. The monoisotopic (exact) mass is 319 g/mol. The summed E-state index contributed by atoms with van der Waals surface area (Å²) in [6, 6.07) is 0. The van der Waals surface area contributed by atoms with E-state index in [2.05, 4.69) is 9.97 Å². The molecule has 0 aromatic carbocycles. The maximum absolute atomic E-state index is 12.3. The number of carbonyl (C=O) groups is 1. The number of aromatic nitrogens is 2. The Bertz CT molecular complexity index is 532. The number of rotatable bonds is 6. The fourth-order valence-corrected chi connectivity index (χ4v) is 3.49. The molecule has 2 fully saturated rings. The summed E-state index contributed by atoms with van der Waals surface area (Å²) in [5.74, 6) is 1.92. The Balaban J connectivity index is 1.44. The molecule has 6 heteroatoms. The minimum atomic E-state index is -0.00756. The first kappa shape index (κ1) is 16.0. The number of nitrogens with zero attached hydrogens (tertiary/aromatic N) is 3. The predicted octanol–water partition coefficient (Wildman–Crippen LogP) is 2.44. The van der Waals surface area contributed by atoms with Crippen molar-refractivity contribution >= 4 is 5.91 Å². The molecule has 0 bridgehead atoms. The first-order chi connectivity index (χ1) is 11.2. The molecule has 2 heterocycles. The molecule has 126 valence electrons. The van der Waals surface area contributed by atoms with Crippen LogP contribution in [0.4, 0.5) is 0 Å². The summed E-state index contributed by atoms with van der Waals surface area (Å²) >= 11 is 0. The van der Waals surface area contributed by atoms with Gasteiger partial charge in [0.15, 0.2) is 0 Å². The number of hydrogen-bond donors (Lipinski definition) is 0. The van der Waals surface area contributed by atoms with Crippen molar-refractivity contribution in [2.24, 2.45) is 5.92 Å². The van der Waals surface area contributed by atoms with Gasteiger partial charge < -0.3 is 14.4 Å². The molecule has 23 heavy (non-hydrogen) atoms. The lowest BCUT2D eigenvalue weighted by Gasteiger charge is -2.18. The van der Waals surface area contributed by atoms with Gasteiger partial charge in [-0.3, -0.25) is 9.78 Å². The van der Waals surface area contributed by atoms with Crippen LogP contribution in [0.1, 0.15) is 44.9 Å². The zero-order chi connectivity index (χ0) is 16.1. The molecule has 3 rings (SSSR count). The highest BCUT2D eigenvalue weighted by Gasteiger charge is 2.28. The molecule has 2 aliphatic rings. The normalized spacial score (nSPS) is 21.6. The Morgan fingerprint density at radius 1 is 1.26 bits per heavy atom. The number of methoxy groups -OCH3 is 1. The van der Waals surface area contributed by atoms with E-state index < -0.39 is 0 Å². The largest absolute Gasteiger partial charge is 0.480 e. The number of carbonyl (C=O) groups excluding carboxylic acids is 1. The van der Waals surface area contributed by atoms with Gasteiger partial charge in [0.25, 0.3) is 0 Å². The summed E-state index contributed by atoms with van der Waals surface area (Å²) in [6.07, 6.45) is 10.9. The van der Waals surface area contributed by atoms with E-state index in [4.69, 9.17) is 9.47 Å². The Kier molecular flexibility index (Phi) is 5.31. The molecule has 0 radical (unpaired) electrons. The lowest BCUT2D eigenvalue weighted by atomic mass is 10.0. The van der Waals surface area contributed by atoms with E-state index in [0.29, 0.717) is 24.7 Å². The molecule has 1 aliphatic carbocycles. The molecule has 1 saturated carbocycles. The smallest absolute Gasteiger partial charge is 0.235 e. The van der Waals surface area contributed by atoms with Crippen LogP contribution in [-0.2, 0) is 4.79 Å². The summed E-state index contributed by atoms with van der Waals surface area (Å²) in [5.41, 5.74) is 0. The lowest BCUT2D eigenvalue weighted by molar-refractivity contribution is -0.130. The van der Waals surface area contributed by atoms with Crippen LogP contribution in [-0.4, -0.2) is 47.1 Å². The molecule has 1 unspecified atom stereocenters. The van der Waals surface area contributed by atoms with Crippen molar-refractivity contribution in [1.29, 1.82) is 0 Å². The summed E-state index contributed by atoms with van der Waals surface area (Å²) in [5, 5.41) is 0. The summed E-state index contributed by atoms with van der Waals surface area (Å²) in [7, 11) is 1.55. The van der Waals surface area contributed by atoms with Crippen LogP contribution in [0.3, 0.4) is 0 Å². The lowest BCUT2D eigenvalue weighted by Crippen LogP contribution is -2.31. The van der Waals surface area contributed by atoms with Crippen LogP contribution >= 0.6 is 0 Å². The summed E-state index contributed by atoms with van der Waals surface area (Å²) < 4.78 is 10.9. The number of ether oxygens (including phenoxy) is 2. The predicted molar refractivity (Wildman–Crippen MR) is 85.4 cm³/mol. The zero-order valence-electron chi connectivity index (χ0n) is 13.7. The van der Waals surface area contributed by atoms with Crippen molar-refractivity contribution in [1.82, 2.24) is 14.9 Å². The van der Waals surface area contributed by atoms with Gasteiger partial charge in [-0.2, -0.15) is 4.98 Å². The van der Waals surface area contributed by atoms with Gasteiger partial charge in [0.1, 0.15) is 6.10 Å². The van der Waals surface area contributed by atoms with E-state index >= 15 is 0 Å². The van der Waals surface area contributed by atoms with Gasteiger partial charge in [-0.1, -0.05) is 25.7 Å². The van der Waals surface area contributed by atoms with E-state index in [-0.39, 0.29) is 12.0 Å². The molecular formula is C17H25N3O3. The first-order valence-electron chi connectivity index (χ1n) is 8.55. The van der Waals surface area contributed by atoms with Gasteiger partial charge in [0.2, 0.25) is 17.7 Å². The third-order valence-electron chi connectivity index (χ3n) is 4.83. The standard InChI is InChI=1S/C17H25N3O3/c1-22-15-10-18-11-16(19-15)23-14-8-9-20(12-14)17(21)7-6-13-4-2-3-5-13/h10-11,13-14H,2-9,12H2,1H3. The highest BCUT2D eigenvalue weighted by Crippen LogP contribution is 2.29. The second-order valence-corrected chi connectivity index (χ2v) is 6.46. The molecule has 1 atom stereocenters. The highest BCUT2D eigenvalue weighted by atomic mass is 16.5. The SMILES string of the molecule is COc1cncc(OC2CCN(C(=O)CCC3CCCC3)C2)n1. The van der Waals surface area contributed by atoms with Crippen LogP contribution in [0, 0.1) is 5.92 Å². The molecule has 1 aromatic rings. The van der Waals surface area contributed by atoms with Gasteiger partial charge in [0, 0.05) is 19.4 Å². The molecule has 1 saturated heterocycles. The van der Waals surface area contributed by atoms with E-state index in [1.165, 1.54) is 25.7 Å². The molecule has 1 amide bonds. The second-order valence-electron chi connectivity index (χ2n) is 6.46. The fraction of sp³-hybridized carbons (Fsp3) is 0.706. The van der Waals surface area contributed by atoms with E-state index in [9.17, 15) is 4.79 Å². The molecule has 0 N–H and O–H groups in total. The van der Waals surface area contributed by atoms with Crippen LogP contribution < -0.4 is 9.47 Å². The Morgan fingerprint density at radius 3 is 2.83 bits per heavy atom. The second kappa shape index (κ2) is 7.62. The maximum Gasteiger partial charge on any atom is 0.235 e. The Hall–Kier alpha value is -1.85. The zero-order valence-corrected chi connectivity index (χ0v) is 13.7. The Labute approximate surface area is 137 Å². The van der Waals surface area contributed by atoms with E-state index in [1.807, 2.05) is 4.90 Å². The minimum Gasteiger partial charge on any atom is -0.480 e. The van der Waals surface area contributed by atoms with Crippen LogP contribution in [0.2, 0.25) is 0 Å². The fourth-order valence-electron chi connectivity index (χ4n) is 3.49. The van der Waals surface area contributed by atoms with Crippen molar-refractivity contribution in [2.75, 3.05) is 20.2 Å². The van der Waals surface area contributed by atoms with Gasteiger partial charge in [-0.15, -0.1) is 0 Å². The molecule has 1 aromatic heterocycles. The van der Waals surface area contributed by atoms with Gasteiger partial charge >= 0.3 is 0 Å².